The fraction of sp³-hybridized carbons (Fsp3) is 0.320. The summed E-state index contributed by atoms with van der Waals surface area (Å²) in [6, 6.07) is 19.3. The molecule has 5 rings (SSSR count). The molecule has 9 heteroatoms. The maximum Gasteiger partial charge on any atom is 0.326 e. The summed E-state index contributed by atoms with van der Waals surface area (Å²) in [6.07, 6.45) is -6.43. The largest absolute Gasteiger partial charge is 0.460 e. The molecule has 5 atom stereocenters. The smallest absolute Gasteiger partial charge is 0.326 e. The van der Waals surface area contributed by atoms with Gasteiger partial charge in [0.15, 0.2) is 0 Å². The van der Waals surface area contributed by atoms with Gasteiger partial charge in [0, 0.05) is 6.54 Å². The molecule has 1 aromatic heterocycles. The Labute approximate surface area is 194 Å². The van der Waals surface area contributed by atoms with Crippen LogP contribution in [-0.4, -0.2) is 67.3 Å². The summed E-state index contributed by atoms with van der Waals surface area (Å²) in [5.41, 5.74) is 1.81. The Morgan fingerprint density at radius 1 is 0.941 bits per heavy atom. The standard InChI is InChI=1S/C25H26N2O7/c28-13-19-21(29)22(30)23(31)24(34-19)33-18-7-3-6-17-20(18)27(25(32)26-17)11-10-14-8-9-15-4-1-2-5-16(15)12-14/h1-9,12,19,21-24,28-31H,10-11,13H2,(H,26,32)/t19-,21-,22+,23-,24?/m0/s1. The van der Waals surface area contributed by atoms with Crippen LogP contribution in [0.2, 0.25) is 0 Å². The minimum absolute atomic E-state index is 0.263. The molecule has 4 aromatic rings. The molecule has 0 bridgehead atoms. The van der Waals surface area contributed by atoms with Gasteiger partial charge >= 0.3 is 5.69 Å². The number of aromatic nitrogens is 2. The molecule has 1 aliphatic rings. The van der Waals surface area contributed by atoms with Gasteiger partial charge in [0.25, 0.3) is 0 Å². The van der Waals surface area contributed by atoms with Crippen molar-refractivity contribution < 1.29 is 29.9 Å². The van der Waals surface area contributed by atoms with E-state index in [1.165, 1.54) is 0 Å². The molecule has 0 spiro atoms. The Morgan fingerprint density at radius 3 is 2.53 bits per heavy atom. The molecule has 0 amide bonds. The number of imidazole rings is 1. The van der Waals surface area contributed by atoms with Crippen molar-refractivity contribution in [3.05, 3.63) is 76.7 Å². The van der Waals surface area contributed by atoms with E-state index in [0.717, 1.165) is 16.3 Å². The van der Waals surface area contributed by atoms with Gasteiger partial charge in [-0.3, -0.25) is 4.57 Å². The molecule has 0 aliphatic carbocycles. The number of hydrogen-bond donors (Lipinski definition) is 5. The molecule has 2 heterocycles. The third-order valence-electron chi connectivity index (χ3n) is 6.29. The van der Waals surface area contributed by atoms with Gasteiger partial charge < -0.3 is 34.9 Å². The predicted octanol–water partition coefficient (Wildman–Crippen LogP) is 0.904. The van der Waals surface area contributed by atoms with Crippen LogP contribution in [-0.2, 0) is 17.7 Å². The van der Waals surface area contributed by atoms with Gasteiger partial charge in [-0.05, 0) is 34.9 Å². The van der Waals surface area contributed by atoms with Crippen LogP contribution in [0.15, 0.2) is 65.5 Å². The molecule has 3 aromatic carbocycles. The fourth-order valence-corrected chi connectivity index (χ4v) is 4.42. The van der Waals surface area contributed by atoms with E-state index < -0.39 is 37.3 Å². The lowest BCUT2D eigenvalue weighted by Crippen LogP contribution is -2.60. The van der Waals surface area contributed by atoms with Crippen molar-refractivity contribution in [2.24, 2.45) is 0 Å². The first-order valence-corrected chi connectivity index (χ1v) is 11.1. The monoisotopic (exact) mass is 466 g/mol. The Balaban J connectivity index is 1.43. The summed E-state index contributed by atoms with van der Waals surface area (Å²) in [4.78, 5) is 15.6. The van der Waals surface area contributed by atoms with Crippen molar-refractivity contribution >= 4 is 21.8 Å². The van der Waals surface area contributed by atoms with E-state index in [9.17, 15) is 25.2 Å². The second-order valence-electron chi connectivity index (χ2n) is 8.48. The zero-order valence-corrected chi connectivity index (χ0v) is 18.2. The van der Waals surface area contributed by atoms with Crippen molar-refractivity contribution in [1.29, 1.82) is 0 Å². The number of benzene rings is 3. The lowest BCUT2D eigenvalue weighted by Gasteiger charge is -2.39. The second-order valence-corrected chi connectivity index (χ2v) is 8.48. The Bertz CT molecular complexity index is 1360. The van der Waals surface area contributed by atoms with Crippen LogP contribution in [0.25, 0.3) is 21.8 Å². The minimum atomic E-state index is -1.56. The number of aliphatic hydroxyl groups excluding tert-OH is 4. The molecule has 1 saturated heterocycles. The van der Waals surface area contributed by atoms with Crippen LogP contribution in [0.3, 0.4) is 0 Å². The molecule has 178 valence electrons. The van der Waals surface area contributed by atoms with Gasteiger partial charge in [0.05, 0.1) is 12.1 Å². The number of aryl methyl sites for hydroxylation is 2. The van der Waals surface area contributed by atoms with Gasteiger partial charge in [-0.15, -0.1) is 0 Å². The van der Waals surface area contributed by atoms with Crippen LogP contribution in [0, 0.1) is 0 Å². The van der Waals surface area contributed by atoms with Gasteiger partial charge in [-0.1, -0.05) is 48.5 Å². The molecule has 34 heavy (non-hydrogen) atoms. The molecule has 0 saturated carbocycles. The van der Waals surface area contributed by atoms with Crippen LogP contribution in [0.1, 0.15) is 5.56 Å². The topological polar surface area (TPSA) is 137 Å². The number of para-hydroxylation sites is 1. The molecular weight excluding hydrogens is 440 g/mol. The lowest BCUT2D eigenvalue weighted by atomic mass is 9.99. The summed E-state index contributed by atoms with van der Waals surface area (Å²) in [5.74, 6) is 0.263. The third-order valence-corrected chi connectivity index (χ3v) is 6.29. The fourth-order valence-electron chi connectivity index (χ4n) is 4.42. The SMILES string of the molecule is O=c1[nH]c2cccc(OC3O[C@@H](CO)[C@H](O)[C@@H](O)[C@@H]3O)c2n1CCc1ccc2ccccc2c1. The summed E-state index contributed by atoms with van der Waals surface area (Å²) < 4.78 is 12.9. The normalized spacial score (nSPS) is 25.1. The van der Waals surface area contributed by atoms with Crippen LogP contribution >= 0.6 is 0 Å². The molecule has 5 N–H and O–H groups in total. The van der Waals surface area contributed by atoms with Crippen molar-refractivity contribution in [2.45, 2.75) is 43.7 Å². The van der Waals surface area contributed by atoms with Crippen molar-refractivity contribution in [3.8, 4) is 5.75 Å². The number of rotatable bonds is 6. The van der Waals surface area contributed by atoms with Crippen LogP contribution < -0.4 is 10.4 Å². The maximum atomic E-state index is 12.7. The Morgan fingerprint density at radius 2 is 1.74 bits per heavy atom. The average molecular weight is 466 g/mol. The summed E-state index contributed by atoms with van der Waals surface area (Å²) >= 11 is 0. The molecular formula is C25H26N2O7. The zero-order valence-electron chi connectivity index (χ0n) is 18.2. The zero-order chi connectivity index (χ0) is 23.8. The van der Waals surface area contributed by atoms with Gasteiger partial charge in [0.2, 0.25) is 6.29 Å². The number of aliphatic hydroxyl groups is 4. The molecule has 1 fully saturated rings. The number of hydrogen-bond acceptors (Lipinski definition) is 7. The molecule has 9 nitrogen and oxygen atoms in total. The van der Waals surface area contributed by atoms with E-state index in [4.69, 9.17) is 9.47 Å². The van der Waals surface area contributed by atoms with E-state index in [1.807, 2.05) is 30.3 Å². The number of H-pyrrole nitrogens is 1. The highest BCUT2D eigenvalue weighted by Gasteiger charge is 2.44. The first-order chi connectivity index (χ1) is 16.5. The number of fused-ring (bicyclic) bond motifs is 2. The summed E-state index contributed by atoms with van der Waals surface area (Å²) in [6.45, 7) is -0.179. The average Bonchev–Trinajstić information content (AvgIpc) is 3.18. The van der Waals surface area contributed by atoms with Gasteiger partial charge in [0.1, 0.15) is 35.7 Å². The number of nitrogens with zero attached hydrogens (tertiary/aromatic N) is 1. The summed E-state index contributed by atoms with van der Waals surface area (Å²) in [5, 5.41) is 42.1. The van der Waals surface area contributed by atoms with Gasteiger partial charge in [-0.25, -0.2) is 4.79 Å². The number of ether oxygens (including phenoxy) is 2. The quantitative estimate of drug-likeness (QED) is 0.285. The van der Waals surface area contributed by atoms with Gasteiger partial charge in [-0.2, -0.15) is 0 Å². The number of aromatic amines is 1. The van der Waals surface area contributed by atoms with Crippen LogP contribution in [0.5, 0.6) is 5.75 Å². The molecule has 1 aliphatic heterocycles. The van der Waals surface area contributed by atoms with E-state index in [1.54, 1.807) is 22.8 Å². The van der Waals surface area contributed by atoms with E-state index in [-0.39, 0.29) is 11.4 Å². The van der Waals surface area contributed by atoms with E-state index >= 15 is 0 Å². The van der Waals surface area contributed by atoms with Crippen molar-refractivity contribution in [1.82, 2.24) is 9.55 Å². The first kappa shape index (κ1) is 22.6. The number of nitrogens with one attached hydrogen (secondary N) is 1. The third kappa shape index (κ3) is 4.08. The van der Waals surface area contributed by atoms with Crippen molar-refractivity contribution in [2.75, 3.05) is 6.61 Å². The van der Waals surface area contributed by atoms with E-state index in [2.05, 4.69) is 17.1 Å². The van der Waals surface area contributed by atoms with Crippen molar-refractivity contribution in [3.63, 3.8) is 0 Å². The Kier molecular flexibility index (Phi) is 6.11. The second kappa shape index (κ2) is 9.21. The molecule has 0 radical (unpaired) electrons. The van der Waals surface area contributed by atoms with E-state index in [0.29, 0.717) is 24.0 Å². The highest BCUT2D eigenvalue weighted by Crippen LogP contribution is 2.29. The first-order valence-electron chi connectivity index (χ1n) is 11.1. The minimum Gasteiger partial charge on any atom is -0.460 e. The Hall–Kier alpha value is -3.21. The predicted molar refractivity (Wildman–Crippen MR) is 125 cm³/mol. The highest BCUT2D eigenvalue weighted by molar-refractivity contribution is 5.83. The maximum absolute atomic E-state index is 12.7. The lowest BCUT2D eigenvalue weighted by molar-refractivity contribution is -0.277. The van der Waals surface area contributed by atoms with Crippen LogP contribution in [0.4, 0.5) is 0 Å². The molecule has 1 unspecified atom stereocenters. The summed E-state index contributed by atoms with van der Waals surface area (Å²) in [7, 11) is 0. The highest BCUT2D eigenvalue weighted by atomic mass is 16.7.